The third-order valence-corrected chi connectivity index (χ3v) is 4.04. The van der Waals surface area contributed by atoms with Gasteiger partial charge in [0.05, 0.1) is 11.5 Å². The lowest BCUT2D eigenvalue weighted by Gasteiger charge is -2.12. The summed E-state index contributed by atoms with van der Waals surface area (Å²) in [6, 6.07) is 10.6. The monoisotopic (exact) mass is 461 g/mol. The summed E-state index contributed by atoms with van der Waals surface area (Å²) in [4.78, 5) is 33.9. The zero-order chi connectivity index (χ0) is 23.0. The molecular formula is C19H19N5O5S2. The van der Waals surface area contributed by atoms with E-state index in [0.29, 0.717) is 11.4 Å². The largest absolute Gasteiger partial charge is 0.487 e. The summed E-state index contributed by atoms with van der Waals surface area (Å²) in [7, 11) is 0. The van der Waals surface area contributed by atoms with Crippen molar-refractivity contribution in [2.75, 3.05) is 17.2 Å². The average molecular weight is 462 g/mol. The van der Waals surface area contributed by atoms with Crippen LogP contribution in [0.4, 0.5) is 17.1 Å². The third kappa shape index (κ3) is 7.28. The zero-order valence-electron chi connectivity index (χ0n) is 16.6. The molecule has 0 heterocycles. The highest BCUT2D eigenvalue weighted by molar-refractivity contribution is 7.80. The summed E-state index contributed by atoms with van der Waals surface area (Å²) in [6.45, 7) is 3.31. The second-order valence-electron chi connectivity index (χ2n) is 5.99. The molecule has 2 amide bonds. The number of carbonyl (C=O) groups is 2. The van der Waals surface area contributed by atoms with E-state index >= 15 is 0 Å². The minimum absolute atomic E-state index is 0.0102. The van der Waals surface area contributed by atoms with Gasteiger partial charge in [0.25, 0.3) is 5.91 Å². The second kappa shape index (κ2) is 10.9. The van der Waals surface area contributed by atoms with Gasteiger partial charge in [0, 0.05) is 29.9 Å². The van der Waals surface area contributed by atoms with Gasteiger partial charge >= 0.3 is 5.69 Å². The van der Waals surface area contributed by atoms with Crippen LogP contribution in [-0.2, 0) is 4.79 Å². The molecule has 0 aliphatic heterocycles. The Balaban J connectivity index is 1.98. The van der Waals surface area contributed by atoms with E-state index in [-0.39, 0.29) is 39.7 Å². The van der Waals surface area contributed by atoms with Crippen molar-refractivity contribution < 1.29 is 19.2 Å². The predicted molar refractivity (Wildman–Crippen MR) is 124 cm³/mol. The number of nitrogens with one attached hydrogen (secondary N) is 4. The molecule has 0 aliphatic carbocycles. The van der Waals surface area contributed by atoms with Crippen molar-refractivity contribution in [1.82, 2.24) is 10.6 Å². The van der Waals surface area contributed by atoms with Gasteiger partial charge in [-0.05, 0) is 67.8 Å². The summed E-state index contributed by atoms with van der Waals surface area (Å²) in [6.07, 6.45) is 0. The highest BCUT2D eigenvalue weighted by atomic mass is 32.1. The van der Waals surface area contributed by atoms with Crippen molar-refractivity contribution in [2.45, 2.75) is 13.8 Å². The lowest BCUT2D eigenvalue weighted by molar-refractivity contribution is -0.385. The molecule has 0 aromatic heterocycles. The summed E-state index contributed by atoms with van der Waals surface area (Å²) >= 11 is 10.1. The number of thiocarbonyl (C=S) groups is 2. The van der Waals surface area contributed by atoms with Crippen LogP contribution in [0.2, 0.25) is 0 Å². The zero-order valence-corrected chi connectivity index (χ0v) is 18.2. The topological polar surface area (TPSA) is 135 Å². The summed E-state index contributed by atoms with van der Waals surface area (Å²) in [5.41, 5.74) is 0.971. The molecule has 0 bridgehead atoms. The number of nitro groups is 1. The van der Waals surface area contributed by atoms with Gasteiger partial charge in [-0.25, -0.2) is 0 Å². The van der Waals surface area contributed by atoms with Gasteiger partial charge in [-0.3, -0.25) is 25.0 Å². The number of hydrogen-bond acceptors (Lipinski definition) is 7. The first kappa shape index (κ1) is 23.6. The Bertz CT molecular complexity index is 1030. The number of hydrogen-bond donors (Lipinski definition) is 4. The van der Waals surface area contributed by atoms with E-state index in [1.165, 1.54) is 19.1 Å². The van der Waals surface area contributed by atoms with Crippen molar-refractivity contribution in [2.24, 2.45) is 0 Å². The first-order valence-corrected chi connectivity index (χ1v) is 9.73. The van der Waals surface area contributed by atoms with Gasteiger partial charge in [-0.2, -0.15) is 0 Å². The molecule has 31 heavy (non-hydrogen) atoms. The van der Waals surface area contributed by atoms with Gasteiger partial charge in [-0.1, -0.05) is 0 Å². The molecule has 0 unspecified atom stereocenters. The maximum Gasteiger partial charge on any atom is 0.311 e. The molecule has 0 spiro atoms. The number of benzene rings is 2. The smallest absolute Gasteiger partial charge is 0.311 e. The minimum Gasteiger partial charge on any atom is -0.487 e. The van der Waals surface area contributed by atoms with Crippen LogP contribution < -0.4 is 26.0 Å². The number of ether oxygens (including phenoxy) is 1. The fourth-order valence-corrected chi connectivity index (χ4v) is 2.85. The molecule has 4 N–H and O–H groups in total. The van der Waals surface area contributed by atoms with Crippen LogP contribution in [0.3, 0.4) is 0 Å². The second-order valence-corrected chi connectivity index (χ2v) is 6.81. The highest BCUT2D eigenvalue weighted by Crippen LogP contribution is 2.28. The van der Waals surface area contributed by atoms with Crippen molar-refractivity contribution in [1.29, 1.82) is 0 Å². The lowest BCUT2D eigenvalue weighted by atomic mass is 10.1. The fraction of sp³-hybridized carbons (Fsp3) is 0.158. The van der Waals surface area contributed by atoms with Crippen molar-refractivity contribution in [3.63, 3.8) is 0 Å². The number of nitrogens with zero attached hydrogens (tertiary/aromatic N) is 1. The van der Waals surface area contributed by atoms with E-state index in [2.05, 4.69) is 21.3 Å². The predicted octanol–water partition coefficient (Wildman–Crippen LogP) is 2.95. The molecule has 0 fully saturated rings. The Morgan fingerprint density at radius 2 is 1.55 bits per heavy atom. The van der Waals surface area contributed by atoms with E-state index in [1.54, 1.807) is 31.2 Å². The Kier molecular flexibility index (Phi) is 8.34. The molecule has 0 saturated carbocycles. The third-order valence-electron chi connectivity index (χ3n) is 3.63. The molecular weight excluding hydrogens is 442 g/mol. The first-order valence-electron chi connectivity index (χ1n) is 8.91. The first-order chi connectivity index (χ1) is 14.7. The van der Waals surface area contributed by atoms with Crippen LogP contribution in [0.1, 0.15) is 24.2 Å². The van der Waals surface area contributed by atoms with E-state index in [1.807, 2.05) is 0 Å². The molecule has 2 aromatic carbocycles. The minimum atomic E-state index is -0.619. The lowest BCUT2D eigenvalue weighted by Crippen LogP contribution is -2.34. The Morgan fingerprint density at radius 1 is 1.00 bits per heavy atom. The van der Waals surface area contributed by atoms with Gasteiger partial charge in [0.1, 0.15) is 0 Å². The van der Waals surface area contributed by atoms with Crippen molar-refractivity contribution >= 4 is 63.5 Å². The summed E-state index contributed by atoms with van der Waals surface area (Å²) < 4.78 is 5.20. The number of amides is 2. The maximum atomic E-state index is 12.4. The normalized spacial score (nSPS) is 9.87. The van der Waals surface area contributed by atoms with Crippen LogP contribution in [0.5, 0.6) is 5.75 Å². The maximum absolute atomic E-state index is 12.4. The standard InChI is InChI=1S/C19H19N5O5S2/c1-3-29-16-9-4-12(10-15(16)24(27)28)17(26)23-19(31)22-14-7-5-13(6-8-14)21-18(30)20-11(2)25/h4-10H,3H2,1-2H3,(H2,20,21,25,30)(H2,22,23,26,31). The van der Waals surface area contributed by atoms with Gasteiger partial charge in [0.2, 0.25) is 5.91 Å². The molecule has 2 rings (SSSR count). The van der Waals surface area contributed by atoms with Crippen LogP contribution in [-0.4, -0.2) is 33.6 Å². The molecule has 0 saturated heterocycles. The fourth-order valence-electron chi connectivity index (χ4n) is 2.38. The van der Waals surface area contributed by atoms with Crippen LogP contribution in [0, 0.1) is 10.1 Å². The Labute approximate surface area is 188 Å². The van der Waals surface area contributed by atoms with Gasteiger partial charge < -0.3 is 20.7 Å². The van der Waals surface area contributed by atoms with E-state index in [0.717, 1.165) is 6.07 Å². The van der Waals surface area contributed by atoms with Crippen molar-refractivity contribution in [3.05, 3.63) is 58.1 Å². The van der Waals surface area contributed by atoms with Crippen LogP contribution in [0.25, 0.3) is 0 Å². The molecule has 0 aliphatic rings. The SMILES string of the molecule is CCOc1ccc(C(=O)NC(=S)Nc2ccc(NC(=S)NC(C)=O)cc2)cc1[N+](=O)[O-]. The average Bonchev–Trinajstić information content (AvgIpc) is 2.69. The van der Waals surface area contributed by atoms with Crippen molar-refractivity contribution in [3.8, 4) is 5.75 Å². The highest BCUT2D eigenvalue weighted by Gasteiger charge is 2.19. The molecule has 162 valence electrons. The quantitative estimate of drug-likeness (QED) is 0.291. The molecule has 0 radical (unpaired) electrons. The molecule has 0 atom stereocenters. The van der Waals surface area contributed by atoms with Crippen LogP contribution >= 0.6 is 24.4 Å². The molecule has 10 nitrogen and oxygen atoms in total. The number of nitro benzene ring substituents is 1. The van der Waals surface area contributed by atoms with Crippen LogP contribution in [0.15, 0.2) is 42.5 Å². The number of carbonyl (C=O) groups excluding carboxylic acids is 2. The molecule has 2 aromatic rings. The number of rotatable bonds is 6. The summed E-state index contributed by atoms with van der Waals surface area (Å²) in [5, 5.41) is 22.0. The number of anilines is 2. The molecule has 12 heteroatoms. The van der Waals surface area contributed by atoms with E-state index in [9.17, 15) is 19.7 Å². The Hall–Kier alpha value is -3.64. The van der Waals surface area contributed by atoms with E-state index in [4.69, 9.17) is 29.2 Å². The van der Waals surface area contributed by atoms with E-state index < -0.39 is 10.8 Å². The Morgan fingerprint density at radius 3 is 2.03 bits per heavy atom. The van der Waals surface area contributed by atoms with Gasteiger partial charge in [-0.15, -0.1) is 0 Å². The summed E-state index contributed by atoms with van der Waals surface area (Å²) in [5.74, 6) is -0.811. The van der Waals surface area contributed by atoms with Gasteiger partial charge in [0.15, 0.2) is 16.0 Å².